The summed E-state index contributed by atoms with van der Waals surface area (Å²) in [6.45, 7) is 0. The van der Waals surface area contributed by atoms with Crippen LogP contribution in [-0.4, -0.2) is 33.6 Å². The lowest BCUT2D eigenvalue weighted by molar-refractivity contribution is -0.165. The summed E-state index contributed by atoms with van der Waals surface area (Å²) in [5, 5.41) is 0.511. The van der Waals surface area contributed by atoms with Crippen molar-refractivity contribution in [3.63, 3.8) is 0 Å². The molecule has 140 valence electrons. The van der Waals surface area contributed by atoms with Crippen LogP contribution in [0.2, 0.25) is 0 Å². The molecule has 2 aromatic carbocycles. The van der Waals surface area contributed by atoms with E-state index in [2.05, 4.69) is 4.98 Å². The topological polar surface area (TPSA) is 89.7 Å². The molecule has 1 aromatic heterocycles. The zero-order chi connectivity index (χ0) is 19.5. The maximum Gasteiger partial charge on any atom is 0.343 e. The molecule has 4 rings (SSSR count). The van der Waals surface area contributed by atoms with Crippen LogP contribution in [0.1, 0.15) is 26.4 Å². The van der Waals surface area contributed by atoms with Gasteiger partial charge in [-0.3, -0.25) is 9.59 Å². The van der Waals surface area contributed by atoms with Crippen LogP contribution in [0, 0.1) is 0 Å². The Morgan fingerprint density at radius 2 is 1.64 bits per heavy atom. The van der Waals surface area contributed by atoms with E-state index in [1.165, 1.54) is 30.2 Å². The van der Waals surface area contributed by atoms with E-state index in [9.17, 15) is 14.4 Å². The summed E-state index contributed by atoms with van der Waals surface area (Å²) in [4.78, 5) is 45.7. The van der Waals surface area contributed by atoms with Gasteiger partial charge in [-0.25, -0.2) is 9.78 Å². The van der Waals surface area contributed by atoms with Gasteiger partial charge in [0, 0.05) is 11.3 Å². The van der Waals surface area contributed by atoms with Crippen LogP contribution in [0.5, 0.6) is 0 Å². The number of benzene rings is 2. The van der Waals surface area contributed by atoms with E-state index in [1.807, 2.05) is 30.3 Å². The zero-order valence-corrected chi connectivity index (χ0v) is 15.3. The van der Waals surface area contributed by atoms with Crippen LogP contribution in [0.3, 0.4) is 0 Å². The zero-order valence-electron chi connectivity index (χ0n) is 14.5. The second-order valence-electron chi connectivity index (χ2n) is 5.92. The number of nitrogens with zero attached hydrogens (tertiary/aromatic N) is 2. The van der Waals surface area contributed by atoms with Crippen molar-refractivity contribution in [2.75, 3.05) is 5.75 Å². The lowest BCUT2D eigenvalue weighted by Gasteiger charge is -2.12. The number of imide groups is 1. The fourth-order valence-corrected chi connectivity index (χ4v) is 3.37. The summed E-state index contributed by atoms with van der Waals surface area (Å²) in [5.41, 5.74) is 1.99. The number of carbonyl (C=O) groups excluding carboxylic acids is 3. The molecule has 7 nitrogen and oxygen atoms in total. The fourth-order valence-electron chi connectivity index (χ4n) is 2.70. The van der Waals surface area contributed by atoms with Gasteiger partial charge in [0.05, 0.1) is 22.6 Å². The molecule has 1 aliphatic heterocycles. The molecule has 0 radical (unpaired) electrons. The van der Waals surface area contributed by atoms with Crippen molar-refractivity contribution in [2.24, 2.45) is 0 Å². The number of rotatable bonds is 6. The predicted molar refractivity (Wildman–Crippen MR) is 101 cm³/mol. The number of oxazole rings is 1. The van der Waals surface area contributed by atoms with Crippen LogP contribution in [0.25, 0.3) is 11.5 Å². The summed E-state index contributed by atoms with van der Waals surface area (Å²) in [5.74, 6) is -1.07. The molecule has 28 heavy (non-hydrogen) atoms. The monoisotopic (exact) mass is 394 g/mol. The summed E-state index contributed by atoms with van der Waals surface area (Å²) in [7, 11) is 0. The highest BCUT2D eigenvalue weighted by atomic mass is 32.2. The molecule has 0 aliphatic carbocycles. The molecule has 0 atom stereocenters. The summed E-state index contributed by atoms with van der Waals surface area (Å²) >= 11 is 1.25. The van der Waals surface area contributed by atoms with Crippen molar-refractivity contribution in [3.8, 4) is 11.5 Å². The van der Waals surface area contributed by atoms with E-state index >= 15 is 0 Å². The Hall–Kier alpha value is -3.39. The van der Waals surface area contributed by atoms with E-state index < -0.39 is 17.8 Å². The van der Waals surface area contributed by atoms with E-state index in [0.717, 1.165) is 5.56 Å². The molecule has 2 heterocycles. The van der Waals surface area contributed by atoms with E-state index in [1.54, 1.807) is 12.1 Å². The lowest BCUT2D eigenvalue weighted by atomic mass is 10.1. The Morgan fingerprint density at radius 1 is 1.00 bits per heavy atom. The van der Waals surface area contributed by atoms with Crippen molar-refractivity contribution < 1.29 is 23.6 Å². The average Bonchev–Trinajstić information content (AvgIpc) is 3.28. The second-order valence-corrected chi connectivity index (χ2v) is 6.90. The van der Waals surface area contributed by atoms with Gasteiger partial charge < -0.3 is 9.25 Å². The molecule has 8 heteroatoms. The highest BCUT2D eigenvalue weighted by Crippen LogP contribution is 2.24. The Morgan fingerprint density at radius 3 is 2.32 bits per heavy atom. The Bertz CT molecular complexity index is 1010. The van der Waals surface area contributed by atoms with E-state index in [0.29, 0.717) is 22.4 Å². The SMILES string of the molecule is O=C(CSCc1coc(-c2ccccc2)n1)ON1C(=O)c2ccccc2C1=O. The van der Waals surface area contributed by atoms with Gasteiger partial charge in [-0.2, -0.15) is 0 Å². The van der Waals surface area contributed by atoms with Gasteiger partial charge in [0.1, 0.15) is 6.26 Å². The van der Waals surface area contributed by atoms with Gasteiger partial charge in [-0.05, 0) is 24.3 Å². The molecular weight excluding hydrogens is 380 g/mol. The maximum atomic E-state index is 12.2. The smallest absolute Gasteiger partial charge is 0.343 e. The van der Waals surface area contributed by atoms with Gasteiger partial charge in [0.15, 0.2) is 0 Å². The molecule has 0 saturated heterocycles. The molecule has 0 bridgehead atoms. The number of aromatic nitrogens is 1. The number of hydroxylamine groups is 2. The van der Waals surface area contributed by atoms with Crippen LogP contribution in [0.15, 0.2) is 65.3 Å². The first-order chi connectivity index (χ1) is 13.6. The Balaban J connectivity index is 1.30. The first kappa shape index (κ1) is 18.0. The van der Waals surface area contributed by atoms with Crippen molar-refractivity contribution in [2.45, 2.75) is 5.75 Å². The van der Waals surface area contributed by atoms with Crippen LogP contribution in [-0.2, 0) is 15.4 Å². The molecule has 1 aliphatic rings. The third-order valence-corrected chi connectivity index (χ3v) is 4.93. The number of hydrogen-bond donors (Lipinski definition) is 0. The molecule has 0 saturated carbocycles. The van der Waals surface area contributed by atoms with Gasteiger partial charge in [-0.15, -0.1) is 11.8 Å². The maximum absolute atomic E-state index is 12.2. The summed E-state index contributed by atoms with van der Waals surface area (Å²) in [6.07, 6.45) is 1.53. The minimum Gasteiger partial charge on any atom is -0.444 e. The number of hydrogen-bond acceptors (Lipinski definition) is 7. The predicted octanol–water partition coefficient (Wildman–Crippen LogP) is 3.33. The number of thioether (sulfide) groups is 1. The highest BCUT2D eigenvalue weighted by Gasteiger charge is 2.38. The standard InChI is InChI=1S/C20H14N2O5S/c23-17(27-22-19(24)15-8-4-5-9-16(15)20(22)25)12-28-11-14-10-26-18(21-14)13-6-2-1-3-7-13/h1-10H,11-12H2. The normalized spacial score (nSPS) is 12.9. The third-order valence-electron chi connectivity index (χ3n) is 3.99. The molecule has 0 spiro atoms. The van der Waals surface area contributed by atoms with Gasteiger partial charge in [0.25, 0.3) is 11.8 Å². The van der Waals surface area contributed by atoms with Crippen LogP contribution < -0.4 is 0 Å². The minimum atomic E-state index is -0.689. The summed E-state index contributed by atoms with van der Waals surface area (Å²) in [6, 6.07) is 15.8. The number of carbonyl (C=O) groups is 3. The quantitative estimate of drug-likeness (QED) is 0.592. The first-order valence-electron chi connectivity index (χ1n) is 8.39. The van der Waals surface area contributed by atoms with E-state index in [4.69, 9.17) is 9.25 Å². The largest absolute Gasteiger partial charge is 0.444 e. The van der Waals surface area contributed by atoms with Crippen LogP contribution in [0.4, 0.5) is 0 Å². The van der Waals surface area contributed by atoms with Crippen molar-refractivity contribution in [1.82, 2.24) is 10.0 Å². The van der Waals surface area contributed by atoms with Crippen LogP contribution >= 0.6 is 11.8 Å². The number of amides is 2. The number of fused-ring (bicyclic) bond motifs is 1. The van der Waals surface area contributed by atoms with Gasteiger partial charge >= 0.3 is 5.97 Å². The lowest BCUT2D eigenvalue weighted by Crippen LogP contribution is -2.33. The summed E-state index contributed by atoms with van der Waals surface area (Å²) < 4.78 is 5.44. The third kappa shape index (κ3) is 3.54. The van der Waals surface area contributed by atoms with E-state index in [-0.39, 0.29) is 16.9 Å². The molecule has 0 N–H and O–H groups in total. The molecule has 0 fully saturated rings. The molecular formula is C20H14N2O5S. The van der Waals surface area contributed by atoms with Crippen molar-refractivity contribution in [3.05, 3.63) is 77.7 Å². The molecule has 3 aromatic rings. The fraction of sp³-hybridized carbons (Fsp3) is 0.100. The Labute approximate surface area is 164 Å². The molecule has 2 amide bonds. The van der Waals surface area contributed by atoms with Crippen molar-refractivity contribution in [1.29, 1.82) is 0 Å². The first-order valence-corrected chi connectivity index (χ1v) is 9.55. The Kier molecular flexibility index (Phi) is 4.94. The van der Waals surface area contributed by atoms with Gasteiger partial charge in [0.2, 0.25) is 5.89 Å². The molecule has 0 unspecified atom stereocenters. The highest BCUT2D eigenvalue weighted by molar-refractivity contribution is 7.99. The second kappa shape index (κ2) is 7.69. The minimum absolute atomic E-state index is 0.0407. The van der Waals surface area contributed by atoms with Crippen molar-refractivity contribution >= 4 is 29.5 Å². The van der Waals surface area contributed by atoms with Gasteiger partial charge in [-0.1, -0.05) is 35.4 Å². The average molecular weight is 394 g/mol.